The molecule has 8 heteroatoms. The van der Waals surface area contributed by atoms with Gasteiger partial charge in [0, 0.05) is 0 Å². The Balaban J connectivity index is 3.35. The van der Waals surface area contributed by atoms with Gasteiger partial charge in [-0.2, -0.15) is 5.26 Å². The van der Waals surface area contributed by atoms with Gasteiger partial charge in [-0.05, 0) is 73.2 Å². The molecule has 0 saturated carbocycles. The van der Waals surface area contributed by atoms with Crippen molar-refractivity contribution >= 4 is 22.6 Å². The predicted molar refractivity (Wildman–Crippen MR) is 165 cm³/mol. The molecule has 0 spiro atoms. The van der Waals surface area contributed by atoms with E-state index in [0.29, 0.717) is 17.5 Å². The topological polar surface area (TPSA) is 88.8 Å². The second-order valence-corrected chi connectivity index (χ2v) is 21.8. The summed E-state index contributed by atoms with van der Waals surface area (Å²) >= 11 is 0. The number of aromatic hydroxyl groups is 1. The number of benzene rings is 1. The number of rotatable bonds is 14. The summed E-state index contributed by atoms with van der Waals surface area (Å²) in [7, 11) is -3.95. The molecule has 0 fully saturated rings. The van der Waals surface area contributed by atoms with Crippen molar-refractivity contribution in [3.8, 4) is 11.8 Å². The van der Waals surface area contributed by atoms with Crippen LogP contribution < -0.4 is 0 Å². The lowest BCUT2D eigenvalue weighted by atomic mass is 10.0. The van der Waals surface area contributed by atoms with E-state index < -0.39 is 22.6 Å². The molecule has 0 amide bonds. The summed E-state index contributed by atoms with van der Waals surface area (Å²) in [5.41, 5.74) is 2.27. The number of hydrogen-bond donors (Lipinski definition) is 1. The normalized spacial score (nSPS) is 14.9. The summed E-state index contributed by atoms with van der Waals surface area (Å²) in [5.74, 6) is -0.869. The van der Waals surface area contributed by atoms with Crippen LogP contribution in [0.3, 0.4) is 0 Å². The summed E-state index contributed by atoms with van der Waals surface area (Å²) in [5, 5.41) is 19.2. The number of nitrogens with zero attached hydrogens (tertiary/aromatic N) is 1. The quantitative estimate of drug-likeness (QED) is 0.137. The average molecular weight is 574 g/mol. The predicted octanol–water partition coefficient (Wildman–Crippen LogP) is 8.31. The lowest BCUT2D eigenvalue weighted by molar-refractivity contribution is 0.0550. The van der Waals surface area contributed by atoms with Crippen LogP contribution in [-0.4, -0.2) is 46.5 Å². The van der Waals surface area contributed by atoms with Crippen molar-refractivity contribution < 1.29 is 23.5 Å². The molecule has 1 unspecified atom stereocenters. The number of nitriles is 1. The molecule has 0 saturated heterocycles. The third kappa shape index (κ3) is 9.75. The highest BCUT2D eigenvalue weighted by atomic mass is 28.4. The molecule has 218 valence electrons. The molecular formula is C31H51NO5Si2. The second-order valence-electron chi connectivity index (χ2n) is 12.1. The maximum absolute atomic E-state index is 12.5. The lowest BCUT2D eigenvalue weighted by Crippen LogP contribution is -2.44. The van der Waals surface area contributed by atoms with Gasteiger partial charge in [-0.15, -0.1) is 0 Å². The fourth-order valence-electron chi connectivity index (χ4n) is 4.36. The highest BCUT2D eigenvalue weighted by Gasteiger charge is 2.39. The Morgan fingerprint density at radius 1 is 1.10 bits per heavy atom. The van der Waals surface area contributed by atoms with Gasteiger partial charge in [0.05, 0.1) is 12.2 Å². The van der Waals surface area contributed by atoms with E-state index in [1.165, 1.54) is 6.07 Å². The molecule has 0 heterocycles. The summed E-state index contributed by atoms with van der Waals surface area (Å²) in [6.45, 7) is 24.0. The van der Waals surface area contributed by atoms with Crippen molar-refractivity contribution in [2.75, 3.05) is 6.61 Å². The molecule has 0 aromatic heterocycles. The highest BCUT2D eigenvalue weighted by molar-refractivity contribution is 6.75. The summed E-state index contributed by atoms with van der Waals surface area (Å²) in [4.78, 5) is 12.5. The Hall–Kier alpha value is -2.19. The van der Waals surface area contributed by atoms with Gasteiger partial charge in [0.1, 0.15) is 17.4 Å². The third-order valence-corrected chi connectivity index (χ3v) is 17.9. The fourth-order valence-corrected chi connectivity index (χ4v) is 9.17. The first-order chi connectivity index (χ1) is 18.0. The van der Waals surface area contributed by atoms with Gasteiger partial charge in [0.2, 0.25) is 0 Å². The van der Waals surface area contributed by atoms with Crippen molar-refractivity contribution in [1.82, 2.24) is 0 Å². The van der Waals surface area contributed by atoms with Crippen LogP contribution in [0.25, 0.3) is 0 Å². The zero-order valence-electron chi connectivity index (χ0n) is 26.1. The molecule has 0 radical (unpaired) electrons. The van der Waals surface area contributed by atoms with Gasteiger partial charge < -0.3 is 18.7 Å². The van der Waals surface area contributed by atoms with Crippen LogP contribution in [0, 0.1) is 11.3 Å². The van der Waals surface area contributed by atoms with Crippen molar-refractivity contribution in [2.24, 2.45) is 0 Å². The number of esters is 1. The molecule has 1 N–H and O–H groups in total. The van der Waals surface area contributed by atoms with Crippen LogP contribution in [0.1, 0.15) is 78.2 Å². The molecule has 0 aliphatic carbocycles. The van der Waals surface area contributed by atoms with Gasteiger partial charge in [-0.1, -0.05) is 78.8 Å². The van der Waals surface area contributed by atoms with Crippen LogP contribution in [-0.2, 0) is 20.0 Å². The van der Waals surface area contributed by atoms with E-state index in [-0.39, 0.29) is 35.2 Å². The molecule has 1 aromatic rings. The fraction of sp³-hybridized carbons (Fsp3) is 0.613. The number of hydrogen-bond acceptors (Lipinski definition) is 6. The smallest absolute Gasteiger partial charge is 0.343 e. The first-order valence-corrected chi connectivity index (χ1v) is 19.4. The number of allylic oxidation sites excluding steroid dienone is 1. The number of phenols is 1. The Bertz CT molecular complexity index is 1050. The van der Waals surface area contributed by atoms with Crippen LogP contribution in [0.15, 0.2) is 42.0 Å². The van der Waals surface area contributed by atoms with E-state index in [4.69, 9.17) is 18.9 Å². The largest absolute Gasteiger partial charge is 0.507 e. The minimum atomic E-state index is -2.11. The van der Waals surface area contributed by atoms with E-state index in [0.717, 1.165) is 17.7 Å². The molecule has 1 rings (SSSR count). The first-order valence-electron chi connectivity index (χ1n) is 14.1. The van der Waals surface area contributed by atoms with Crippen molar-refractivity contribution in [2.45, 2.75) is 117 Å². The maximum atomic E-state index is 12.5. The van der Waals surface area contributed by atoms with E-state index >= 15 is 0 Å². The highest BCUT2D eigenvalue weighted by Crippen LogP contribution is 2.38. The van der Waals surface area contributed by atoms with Crippen molar-refractivity contribution in [1.29, 1.82) is 5.26 Å². The summed E-state index contributed by atoms with van der Waals surface area (Å²) < 4.78 is 18.6. The molecule has 0 aliphatic heterocycles. The summed E-state index contributed by atoms with van der Waals surface area (Å²) in [6, 6.07) is 8.90. The second kappa shape index (κ2) is 15.0. The molecule has 1 aromatic carbocycles. The first kappa shape index (κ1) is 34.8. The number of carbonyl (C=O) groups is 1. The maximum Gasteiger partial charge on any atom is 0.343 e. The molecule has 39 heavy (non-hydrogen) atoms. The zero-order valence-corrected chi connectivity index (χ0v) is 28.1. The number of phenolic OH excluding ortho intramolecular Hbond substituents is 1. The minimum Gasteiger partial charge on any atom is -0.507 e. The molecule has 2 atom stereocenters. The Kier molecular flexibility index (Phi) is 13.4. The molecule has 0 aliphatic rings. The Labute approximate surface area is 239 Å². The molecular weight excluding hydrogens is 523 g/mol. The minimum absolute atomic E-state index is 0.0233. The van der Waals surface area contributed by atoms with Crippen LogP contribution in [0.4, 0.5) is 0 Å². The van der Waals surface area contributed by atoms with E-state index in [9.17, 15) is 9.90 Å². The summed E-state index contributed by atoms with van der Waals surface area (Å²) in [6.07, 6.45) is 6.42. The standard InChI is InChI=1S/C31H51NO5Si2/c1-12-39(13-2,23(3)4)36-25(6)18-20-28(37-38(10,11)31(7,8)9)24(5)17-19-26-15-14-16-27(33)29(26)30(34)35-22-21-32/h14-18,20,23,25,28,33H,12-13,19,22H2,1-11H3/b20-18+,24-17-/t25-,28?/m1/s1. The number of ether oxygens (including phenoxy) is 1. The van der Waals surface area contributed by atoms with Gasteiger partial charge >= 0.3 is 5.97 Å². The van der Waals surface area contributed by atoms with E-state index in [1.54, 1.807) is 18.2 Å². The SMILES string of the molecule is CC[Si](CC)(O[C@H](C)/C=C/C(O[Si](C)(C)C(C)(C)C)/C(C)=C\Cc1cccc(O)c1C(=O)OCC#N)C(C)C. The van der Waals surface area contributed by atoms with Crippen molar-refractivity contribution in [3.05, 3.63) is 53.1 Å². The van der Waals surface area contributed by atoms with Gasteiger partial charge in [-0.3, -0.25) is 0 Å². The number of carbonyl (C=O) groups excluding carboxylic acids is 1. The van der Waals surface area contributed by atoms with Crippen LogP contribution in [0.5, 0.6) is 5.75 Å². The van der Waals surface area contributed by atoms with Crippen LogP contribution in [0.2, 0.25) is 35.8 Å². The Morgan fingerprint density at radius 2 is 1.72 bits per heavy atom. The zero-order chi connectivity index (χ0) is 30.0. The van der Waals surface area contributed by atoms with Gasteiger partial charge in [-0.25, -0.2) is 4.79 Å². The molecule has 6 nitrogen and oxygen atoms in total. The van der Waals surface area contributed by atoms with Crippen molar-refractivity contribution in [3.63, 3.8) is 0 Å². The van der Waals surface area contributed by atoms with Crippen LogP contribution >= 0.6 is 0 Å². The average Bonchev–Trinajstić information content (AvgIpc) is 2.85. The lowest BCUT2D eigenvalue weighted by Gasteiger charge is -2.39. The van der Waals surface area contributed by atoms with E-state index in [2.05, 4.69) is 80.6 Å². The molecule has 0 bridgehead atoms. The van der Waals surface area contributed by atoms with Gasteiger partial charge in [0.25, 0.3) is 0 Å². The Morgan fingerprint density at radius 3 is 2.23 bits per heavy atom. The monoisotopic (exact) mass is 573 g/mol. The third-order valence-electron chi connectivity index (χ3n) is 8.15. The van der Waals surface area contributed by atoms with Gasteiger partial charge in [0.15, 0.2) is 23.2 Å². The van der Waals surface area contributed by atoms with E-state index in [1.807, 2.05) is 13.0 Å².